The lowest BCUT2D eigenvalue weighted by Crippen LogP contribution is -2.12. The van der Waals surface area contributed by atoms with E-state index >= 15 is 0 Å². The summed E-state index contributed by atoms with van der Waals surface area (Å²) in [5.41, 5.74) is 5.30. The number of nitrogens with zero attached hydrogens (tertiary/aromatic N) is 2. The Balaban J connectivity index is 1.69. The van der Waals surface area contributed by atoms with Crippen molar-refractivity contribution >= 4 is 44.8 Å². The monoisotopic (exact) mass is 482 g/mol. The molecule has 0 amide bonds. The van der Waals surface area contributed by atoms with Gasteiger partial charge in [0.1, 0.15) is 6.33 Å². The first-order chi connectivity index (χ1) is 16.2. The normalized spacial score (nSPS) is 12.2. The highest BCUT2D eigenvalue weighted by molar-refractivity contribution is 7.80. The Bertz CT molecular complexity index is 1510. The van der Waals surface area contributed by atoms with Crippen LogP contribution >= 0.6 is 24.0 Å². The third kappa shape index (κ3) is 4.25. The van der Waals surface area contributed by atoms with E-state index in [0.717, 1.165) is 33.8 Å². The number of rotatable bonds is 4. The lowest BCUT2D eigenvalue weighted by atomic mass is 9.82. The minimum Gasteiger partial charge on any atom is -0.235 e. The fourth-order valence-electron chi connectivity index (χ4n) is 4.66. The first kappa shape index (κ1) is 23.1. The average molecular weight is 483 g/mol. The van der Waals surface area contributed by atoms with E-state index in [-0.39, 0.29) is 5.41 Å². The Morgan fingerprint density at radius 1 is 0.882 bits per heavy atom. The van der Waals surface area contributed by atoms with Crippen LogP contribution in [0.3, 0.4) is 0 Å². The number of hydrogen-bond acceptors (Lipinski definition) is 4. The fourth-order valence-corrected chi connectivity index (χ4v) is 6.41. The van der Waals surface area contributed by atoms with Crippen LogP contribution in [0.2, 0.25) is 0 Å². The number of aromatic nitrogens is 2. The molecule has 0 radical (unpaired) electrons. The molecular weight excluding hydrogens is 452 g/mol. The van der Waals surface area contributed by atoms with Crippen LogP contribution in [-0.2, 0) is 11.8 Å². The van der Waals surface area contributed by atoms with Crippen LogP contribution in [0.1, 0.15) is 45.1 Å². The molecule has 0 spiro atoms. The van der Waals surface area contributed by atoms with Crippen LogP contribution in [0.5, 0.6) is 0 Å². The molecule has 34 heavy (non-hydrogen) atoms. The number of fused-ring (bicyclic) bond motifs is 2. The Morgan fingerprint density at radius 2 is 1.62 bits per heavy atom. The van der Waals surface area contributed by atoms with Crippen molar-refractivity contribution in [2.24, 2.45) is 5.92 Å². The third-order valence-electron chi connectivity index (χ3n) is 6.23. The molecule has 0 bridgehead atoms. The highest BCUT2D eigenvalue weighted by atomic mass is 32.1. The molecule has 172 valence electrons. The van der Waals surface area contributed by atoms with Gasteiger partial charge in [-0.3, -0.25) is 0 Å². The van der Waals surface area contributed by atoms with E-state index in [2.05, 4.69) is 95.3 Å². The van der Waals surface area contributed by atoms with Gasteiger partial charge in [0, 0.05) is 20.7 Å². The van der Waals surface area contributed by atoms with E-state index in [1.54, 1.807) is 6.33 Å². The highest BCUT2D eigenvalue weighted by Gasteiger charge is 2.21. The summed E-state index contributed by atoms with van der Waals surface area (Å²) in [5.74, 6) is 0.632. The molecule has 0 atom stereocenters. The zero-order chi connectivity index (χ0) is 24.0. The van der Waals surface area contributed by atoms with Crippen molar-refractivity contribution in [1.82, 2.24) is 9.97 Å². The first-order valence-electron chi connectivity index (χ1n) is 11.8. The van der Waals surface area contributed by atoms with E-state index in [9.17, 15) is 0 Å². The van der Waals surface area contributed by atoms with Crippen molar-refractivity contribution in [2.75, 3.05) is 0 Å². The van der Waals surface area contributed by atoms with Crippen molar-refractivity contribution in [1.29, 1.82) is 0 Å². The lowest BCUT2D eigenvalue weighted by molar-refractivity contribution is 0.596. The average Bonchev–Trinajstić information content (AvgIpc) is 3.20. The second-order valence-corrected chi connectivity index (χ2v) is 12.0. The van der Waals surface area contributed by atoms with Crippen LogP contribution in [0.15, 0.2) is 71.9 Å². The van der Waals surface area contributed by atoms with Crippen LogP contribution in [0.4, 0.5) is 0 Å². The number of thiol groups is 1. The van der Waals surface area contributed by atoms with Crippen LogP contribution in [0.25, 0.3) is 43.4 Å². The molecule has 4 heteroatoms. The van der Waals surface area contributed by atoms with Gasteiger partial charge in [-0.05, 0) is 57.7 Å². The van der Waals surface area contributed by atoms with Gasteiger partial charge in [0.25, 0.3) is 0 Å². The summed E-state index contributed by atoms with van der Waals surface area (Å²) < 4.78 is 1.27. The van der Waals surface area contributed by atoms with Crippen LogP contribution in [0, 0.1) is 5.92 Å². The summed E-state index contributed by atoms with van der Waals surface area (Å²) in [4.78, 5) is 11.6. The summed E-state index contributed by atoms with van der Waals surface area (Å²) in [5, 5.41) is 3.78. The van der Waals surface area contributed by atoms with Gasteiger partial charge in [0.2, 0.25) is 0 Å². The minimum absolute atomic E-state index is 0.0115. The summed E-state index contributed by atoms with van der Waals surface area (Å²) in [6.07, 6.45) is 2.77. The first-order valence-corrected chi connectivity index (χ1v) is 13.1. The zero-order valence-electron chi connectivity index (χ0n) is 20.4. The molecule has 0 aliphatic heterocycles. The molecule has 2 heterocycles. The molecule has 0 N–H and O–H groups in total. The van der Waals surface area contributed by atoms with E-state index in [1.807, 2.05) is 11.3 Å². The Kier molecular flexibility index (Phi) is 5.99. The molecule has 0 unspecified atom stereocenters. The summed E-state index contributed by atoms with van der Waals surface area (Å²) in [7, 11) is 0. The summed E-state index contributed by atoms with van der Waals surface area (Å²) in [6, 6.07) is 21.9. The van der Waals surface area contributed by atoms with Crippen molar-refractivity contribution in [3.8, 4) is 22.5 Å². The van der Waals surface area contributed by atoms with E-state index in [4.69, 9.17) is 22.6 Å². The molecule has 0 saturated carbocycles. The van der Waals surface area contributed by atoms with Gasteiger partial charge in [-0.2, -0.15) is 0 Å². The van der Waals surface area contributed by atoms with E-state index in [1.165, 1.54) is 31.3 Å². The van der Waals surface area contributed by atoms with Gasteiger partial charge < -0.3 is 0 Å². The smallest absolute Gasteiger partial charge is 0.116 e. The standard InChI is InChI=1S/C30H30N2S2/c1-18(2)13-22-15-20-10-8-12-24(29(20)34-22)27-28(33)26(31-17-32-27)21-14-19-9-6-7-11-23(19)25(16-21)30(3,4)5/h6-12,14-18,33H,13H2,1-5H3. The number of thiophene rings is 1. The van der Waals surface area contributed by atoms with Crippen LogP contribution < -0.4 is 0 Å². The van der Waals surface area contributed by atoms with Crippen molar-refractivity contribution in [3.05, 3.63) is 77.4 Å². The number of hydrogen-bond donors (Lipinski definition) is 1. The molecular formula is C30H30N2S2. The van der Waals surface area contributed by atoms with Gasteiger partial charge in [-0.25, -0.2) is 9.97 Å². The molecule has 0 fully saturated rings. The van der Waals surface area contributed by atoms with Gasteiger partial charge in [-0.1, -0.05) is 77.1 Å². The maximum Gasteiger partial charge on any atom is 0.116 e. The summed E-state index contributed by atoms with van der Waals surface area (Å²) in [6.45, 7) is 11.3. The van der Waals surface area contributed by atoms with Crippen molar-refractivity contribution in [3.63, 3.8) is 0 Å². The highest BCUT2D eigenvalue weighted by Crippen LogP contribution is 2.41. The molecule has 2 aromatic heterocycles. The van der Waals surface area contributed by atoms with Gasteiger partial charge in [-0.15, -0.1) is 24.0 Å². The molecule has 2 nitrogen and oxygen atoms in total. The maximum absolute atomic E-state index is 5.00. The lowest BCUT2D eigenvalue weighted by Gasteiger charge is -2.23. The predicted octanol–water partition coefficient (Wildman–Crippen LogP) is 8.96. The van der Waals surface area contributed by atoms with Crippen molar-refractivity contribution in [2.45, 2.75) is 51.3 Å². The van der Waals surface area contributed by atoms with E-state index in [0.29, 0.717) is 5.92 Å². The van der Waals surface area contributed by atoms with Crippen molar-refractivity contribution < 1.29 is 0 Å². The molecule has 5 aromatic rings. The van der Waals surface area contributed by atoms with Gasteiger partial charge in [0.05, 0.1) is 16.3 Å². The molecule has 0 aliphatic carbocycles. The predicted molar refractivity (Wildman–Crippen MR) is 150 cm³/mol. The third-order valence-corrected chi connectivity index (χ3v) is 7.86. The molecule has 5 rings (SSSR count). The second kappa shape index (κ2) is 8.83. The van der Waals surface area contributed by atoms with E-state index < -0.39 is 0 Å². The van der Waals surface area contributed by atoms with Crippen LogP contribution in [-0.4, -0.2) is 9.97 Å². The topological polar surface area (TPSA) is 25.8 Å². The second-order valence-electron chi connectivity index (χ2n) is 10.4. The minimum atomic E-state index is 0.0115. The zero-order valence-corrected chi connectivity index (χ0v) is 22.1. The SMILES string of the molecule is CC(C)Cc1cc2cccc(-c3ncnc(-c4cc(C(C)(C)C)c5ccccc5c4)c3S)c2s1. The Hall–Kier alpha value is -2.69. The van der Waals surface area contributed by atoms with Gasteiger partial charge in [0.15, 0.2) is 0 Å². The number of benzene rings is 3. The summed E-state index contributed by atoms with van der Waals surface area (Å²) >= 11 is 6.87. The quantitative estimate of drug-likeness (QED) is 0.259. The largest absolute Gasteiger partial charge is 0.235 e. The maximum atomic E-state index is 5.00. The van der Waals surface area contributed by atoms with Gasteiger partial charge >= 0.3 is 0 Å². The molecule has 0 aliphatic rings. The molecule has 3 aromatic carbocycles. The Labute approximate surface area is 211 Å². The fraction of sp³-hybridized carbons (Fsp3) is 0.267. The Morgan fingerprint density at radius 3 is 2.38 bits per heavy atom. The molecule has 0 saturated heterocycles.